The van der Waals surface area contributed by atoms with Crippen LogP contribution in [-0.4, -0.2) is 37.1 Å². The van der Waals surface area contributed by atoms with Crippen molar-refractivity contribution in [2.24, 2.45) is 5.92 Å². The Bertz CT molecular complexity index is 307. The maximum absolute atomic E-state index is 11.7. The second-order valence-electron chi connectivity index (χ2n) is 5.26. The Kier molecular flexibility index (Phi) is 4.58. The lowest BCUT2D eigenvalue weighted by atomic mass is 9.89. The van der Waals surface area contributed by atoms with E-state index in [1.54, 1.807) is 6.92 Å². The van der Waals surface area contributed by atoms with Crippen molar-refractivity contribution in [1.82, 2.24) is 10.6 Å². The molecule has 0 saturated carbocycles. The Balaban J connectivity index is 1.66. The number of ether oxygens (including phenoxy) is 1. The normalized spacial score (nSPS) is 29.9. The summed E-state index contributed by atoms with van der Waals surface area (Å²) in [6.45, 7) is 2.10. The van der Waals surface area contributed by atoms with Crippen LogP contribution >= 0.6 is 0 Å². The fourth-order valence-corrected chi connectivity index (χ4v) is 3.06. The van der Waals surface area contributed by atoms with Crippen LogP contribution in [0.25, 0.3) is 0 Å². The van der Waals surface area contributed by atoms with Crippen molar-refractivity contribution in [3.63, 3.8) is 0 Å². The van der Waals surface area contributed by atoms with Crippen LogP contribution in [0.3, 0.4) is 0 Å². The molecule has 0 aromatic rings. The Hall–Kier alpha value is -1.10. The van der Waals surface area contributed by atoms with Crippen LogP contribution in [0, 0.1) is 5.92 Å². The maximum atomic E-state index is 11.7. The lowest BCUT2D eigenvalue weighted by Gasteiger charge is -2.28. The highest BCUT2D eigenvalue weighted by Gasteiger charge is 2.34. The molecule has 1 amide bonds. The Morgan fingerprint density at radius 2 is 1.94 bits per heavy atom. The predicted octanol–water partition coefficient (Wildman–Crippen LogP) is 0.586. The number of hydrogen-bond acceptors (Lipinski definition) is 4. The first kappa shape index (κ1) is 13.3. The van der Waals surface area contributed by atoms with Crippen molar-refractivity contribution >= 4 is 11.9 Å². The van der Waals surface area contributed by atoms with Crippen LogP contribution < -0.4 is 10.6 Å². The number of fused-ring (bicyclic) bond motifs is 2. The lowest BCUT2D eigenvalue weighted by molar-refractivity contribution is -0.143. The van der Waals surface area contributed by atoms with E-state index < -0.39 is 0 Å². The van der Waals surface area contributed by atoms with E-state index in [-0.39, 0.29) is 18.4 Å². The van der Waals surface area contributed by atoms with Gasteiger partial charge in [0.2, 0.25) is 5.91 Å². The molecule has 2 fully saturated rings. The number of carbonyl (C=O) groups is 2. The van der Waals surface area contributed by atoms with E-state index in [1.165, 1.54) is 12.8 Å². The molecule has 2 aliphatic rings. The number of piperidine rings is 1. The van der Waals surface area contributed by atoms with Gasteiger partial charge in [0.25, 0.3) is 0 Å². The molecule has 2 unspecified atom stereocenters. The third-order valence-corrected chi connectivity index (χ3v) is 3.78. The van der Waals surface area contributed by atoms with E-state index in [0.717, 1.165) is 12.8 Å². The van der Waals surface area contributed by atoms with Crippen LogP contribution in [0.1, 0.15) is 39.0 Å². The third-order valence-electron chi connectivity index (χ3n) is 3.78. The largest absolute Gasteiger partial charge is 0.465 e. The Labute approximate surface area is 108 Å². The number of nitrogens with one attached hydrogen (secondary N) is 2. The van der Waals surface area contributed by atoms with Gasteiger partial charge in [0, 0.05) is 18.5 Å². The predicted molar refractivity (Wildman–Crippen MR) is 66.9 cm³/mol. The molecule has 0 aromatic heterocycles. The van der Waals surface area contributed by atoms with Gasteiger partial charge in [-0.3, -0.25) is 9.59 Å². The molecule has 2 atom stereocenters. The van der Waals surface area contributed by atoms with E-state index in [1.807, 2.05) is 0 Å². The zero-order valence-corrected chi connectivity index (χ0v) is 10.9. The van der Waals surface area contributed by atoms with Gasteiger partial charge in [-0.25, -0.2) is 0 Å². The van der Waals surface area contributed by atoms with E-state index in [2.05, 4.69) is 10.6 Å². The summed E-state index contributed by atoms with van der Waals surface area (Å²) >= 11 is 0. The molecule has 2 aliphatic heterocycles. The van der Waals surface area contributed by atoms with Gasteiger partial charge in [0.05, 0.1) is 6.61 Å². The molecular formula is C13H22N2O3. The summed E-state index contributed by atoms with van der Waals surface area (Å²) in [6, 6.07) is 1.21. The smallest absolute Gasteiger partial charge is 0.325 e. The highest BCUT2D eigenvalue weighted by atomic mass is 16.5. The lowest BCUT2D eigenvalue weighted by Crippen LogP contribution is -2.40. The minimum absolute atomic E-state index is 0.00942. The first-order valence-electron chi connectivity index (χ1n) is 6.85. The molecule has 2 saturated heterocycles. The molecule has 0 aliphatic carbocycles. The van der Waals surface area contributed by atoms with Crippen molar-refractivity contribution in [2.75, 3.05) is 13.2 Å². The van der Waals surface area contributed by atoms with Gasteiger partial charge >= 0.3 is 5.97 Å². The van der Waals surface area contributed by atoms with Crippen LogP contribution in [-0.2, 0) is 14.3 Å². The molecule has 2 N–H and O–H groups in total. The standard InChI is InChI=1S/C13H22N2O3/c1-2-18-13(17)8-14-12(16)7-9-5-10-3-4-11(6-9)15-10/h9-11,15H,2-8H2,1H3,(H,14,16). The van der Waals surface area contributed by atoms with Crippen molar-refractivity contribution in [3.05, 3.63) is 0 Å². The van der Waals surface area contributed by atoms with Crippen molar-refractivity contribution < 1.29 is 14.3 Å². The average molecular weight is 254 g/mol. The summed E-state index contributed by atoms with van der Waals surface area (Å²) in [7, 11) is 0. The molecule has 2 rings (SSSR count). The second-order valence-corrected chi connectivity index (χ2v) is 5.26. The summed E-state index contributed by atoms with van der Waals surface area (Å²) in [4.78, 5) is 22.8. The van der Waals surface area contributed by atoms with Gasteiger partial charge in [-0.2, -0.15) is 0 Å². The second kappa shape index (κ2) is 6.18. The zero-order chi connectivity index (χ0) is 13.0. The van der Waals surface area contributed by atoms with Gasteiger partial charge in [0.1, 0.15) is 6.54 Å². The molecular weight excluding hydrogens is 232 g/mol. The number of amides is 1. The van der Waals surface area contributed by atoms with E-state index >= 15 is 0 Å². The van der Waals surface area contributed by atoms with Crippen molar-refractivity contribution in [2.45, 2.75) is 51.1 Å². The van der Waals surface area contributed by atoms with Crippen molar-refractivity contribution in [1.29, 1.82) is 0 Å². The van der Waals surface area contributed by atoms with Crippen LogP contribution in [0.15, 0.2) is 0 Å². The molecule has 5 nitrogen and oxygen atoms in total. The minimum Gasteiger partial charge on any atom is -0.465 e. The topological polar surface area (TPSA) is 67.4 Å². The molecule has 0 radical (unpaired) electrons. The number of esters is 1. The van der Waals surface area contributed by atoms with Gasteiger partial charge in [-0.15, -0.1) is 0 Å². The van der Waals surface area contributed by atoms with Gasteiger partial charge in [-0.05, 0) is 38.5 Å². The van der Waals surface area contributed by atoms with Crippen LogP contribution in [0.2, 0.25) is 0 Å². The third kappa shape index (κ3) is 3.70. The quantitative estimate of drug-likeness (QED) is 0.705. The molecule has 5 heteroatoms. The Morgan fingerprint density at radius 1 is 1.28 bits per heavy atom. The number of rotatable bonds is 5. The van der Waals surface area contributed by atoms with Crippen LogP contribution in [0.4, 0.5) is 0 Å². The van der Waals surface area contributed by atoms with E-state index in [0.29, 0.717) is 31.0 Å². The zero-order valence-electron chi connectivity index (χ0n) is 10.9. The summed E-state index contributed by atoms with van der Waals surface area (Å²) in [5, 5.41) is 6.19. The summed E-state index contributed by atoms with van der Waals surface area (Å²) in [6.07, 6.45) is 5.19. The Morgan fingerprint density at radius 3 is 2.56 bits per heavy atom. The summed E-state index contributed by atoms with van der Waals surface area (Å²) in [5.41, 5.74) is 0. The first-order chi connectivity index (χ1) is 8.67. The number of hydrogen-bond donors (Lipinski definition) is 2. The minimum atomic E-state index is -0.365. The SMILES string of the molecule is CCOC(=O)CNC(=O)CC1CC2CCC(C1)N2. The molecule has 2 heterocycles. The summed E-state index contributed by atoms with van der Waals surface area (Å²) < 4.78 is 4.76. The number of carbonyl (C=O) groups excluding carboxylic acids is 2. The maximum Gasteiger partial charge on any atom is 0.325 e. The van der Waals surface area contributed by atoms with E-state index in [9.17, 15) is 9.59 Å². The monoisotopic (exact) mass is 254 g/mol. The average Bonchev–Trinajstić information content (AvgIpc) is 2.67. The van der Waals surface area contributed by atoms with Crippen LogP contribution in [0.5, 0.6) is 0 Å². The molecule has 18 heavy (non-hydrogen) atoms. The van der Waals surface area contributed by atoms with E-state index in [4.69, 9.17) is 4.74 Å². The molecule has 0 spiro atoms. The molecule has 2 bridgehead atoms. The fourth-order valence-electron chi connectivity index (χ4n) is 3.06. The fraction of sp³-hybridized carbons (Fsp3) is 0.846. The first-order valence-corrected chi connectivity index (χ1v) is 6.85. The highest BCUT2D eigenvalue weighted by molar-refractivity contribution is 5.82. The molecule has 102 valence electrons. The summed E-state index contributed by atoms with van der Waals surface area (Å²) in [5.74, 6) is 0.0662. The highest BCUT2D eigenvalue weighted by Crippen LogP contribution is 2.32. The van der Waals surface area contributed by atoms with Gasteiger partial charge < -0.3 is 15.4 Å². The van der Waals surface area contributed by atoms with Gasteiger partial charge in [-0.1, -0.05) is 0 Å². The van der Waals surface area contributed by atoms with Crippen molar-refractivity contribution in [3.8, 4) is 0 Å². The van der Waals surface area contributed by atoms with Gasteiger partial charge in [0.15, 0.2) is 0 Å². The molecule has 0 aromatic carbocycles.